The molecule has 3 rings (SSSR count). The Morgan fingerprint density at radius 2 is 1.78 bits per heavy atom. The van der Waals surface area contributed by atoms with Crippen molar-refractivity contribution in [2.24, 2.45) is 5.92 Å². The van der Waals surface area contributed by atoms with Gasteiger partial charge in [0, 0.05) is 28.3 Å². The summed E-state index contributed by atoms with van der Waals surface area (Å²) in [5.74, 6) is 2.44. The highest BCUT2D eigenvalue weighted by Gasteiger charge is 2.41. The van der Waals surface area contributed by atoms with E-state index in [0.717, 1.165) is 24.3 Å². The summed E-state index contributed by atoms with van der Waals surface area (Å²) in [6.07, 6.45) is 7.21. The molecule has 1 amide bonds. The molecule has 1 N–H and O–H groups in total. The Balaban J connectivity index is 1.70. The summed E-state index contributed by atoms with van der Waals surface area (Å²) in [6, 6.07) is 0.329. The molecule has 1 unspecified atom stereocenters. The molecule has 2 heterocycles. The number of carbonyl (C=O) groups excluding carboxylic acids is 1. The molecule has 3 aliphatic rings. The fourth-order valence-corrected chi connectivity index (χ4v) is 4.97. The second-order valence-corrected chi connectivity index (χ2v) is 7.45. The standard InChI is InChI=1S/C13H22N2O2S/c16-12-9-14-13(10-3-1-2-4-10)15(12)11-5-7-18(17)8-6-11/h10-11,13-14H,1-9H2. The lowest BCUT2D eigenvalue weighted by atomic mass is 10.0. The first-order valence-corrected chi connectivity index (χ1v) is 8.64. The first kappa shape index (κ1) is 12.6. The summed E-state index contributed by atoms with van der Waals surface area (Å²) < 4.78 is 11.4. The van der Waals surface area contributed by atoms with E-state index in [1.807, 2.05) is 0 Å². The van der Waals surface area contributed by atoms with Crippen molar-refractivity contribution >= 4 is 16.7 Å². The zero-order valence-electron chi connectivity index (χ0n) is 10.8. The van der Waals surface area contributed by atoms with Gasteiger partial charge in [0.15, 0.2) is 0 Å². The van der Waals surface area contributed by atoms with Crippen molar-refractivity contribution in [2.75, 3.05) is 18.1 Å². The van der Waals surface area contributed by atoms with Gasteiger partial charge in [0.2, 0.25) is 5.91 Å². The molecule has 2 saturated heterocycles. The fraction of sp³-hybridized carbons (Fsp3) is 0.923. The van der Waals surface area contributed by atoms with Gasteiger partial charge in [-0.3, -0.25) is 14.3 Å². The van der Waals surface area contributed by atoms with Gasteiger partial charge in [-0.15, -0.1) is 0 Å². The van der Waals surface area contributed by atoms with E-state index in [2.05, 4.69) is 10.2 Å². The van der Waals surface area contributed by atoms with E-state index in [-0.39, 0.29) is 12.1 Å². The predicted octanol–water partition coefficient (Wildman–Crippen LogP) is 0.846. The zero-order chi connectivity index (χ0) is 12.5. The van der Waals surface area contributed by atoms with Crippen molar-refractivity contribution in [1.82, 2.24) is 10.2 Å². The highest BCUT2D eigenvalue weighted by Crippen LogP contribution is 2.33. The van der Waals surface area contributed by atoms with Crippen LogP contribution in [0, 0.1) is 5.92 Å². The quantitative estimate of drug-likeness (QED) is 0.809. The van der Waals surface area contributed by atoms with Gasteiger partial charge >= 0.3 is 0 Å². The molecule has 1 atom stereocenters. The topological polar surface area (TPSA) is 49.4 Å². The van der Waals surface area contributed by atoms with Crippen LogP contribution in [-0.4, -0.2) is 45.3 Å². The van der Waals surface area contributed by atoms with Gasteiger partial charge in [-0.2, -0.15) is 0 Å². The number of hydrogen-bond acceptors (Lipinski definition) is 3. The fourth-order valence-electron chi connectivity index (χ4n) is 3.69. The average Bonchev–Trinajstić information content (AvgIpc) is 2.99. The van der Waals surface area contributed by atoms with Crippen molar-refractivity contribution in [3.05, 3.63) is 0 Å². The lowest BCUT2D eigenvalue weighted by Crippen LogP contribution is -2.50. The van der Waals surface area contributed by atoms with Crippen LogP contribution in [0.3, 0.4) is 0 Å². The van der Waals surface area contributed by atoms with Crippen molar-refractivity contribution in [3.63, 3.8) is 0 Å². The maximum Gasteiger partial charge on any atom is 0.238 e. The molecule has 0 aromatic rings. The highest BCUT2D eigenvalue weighted by molar-refractivity contribution is 7.85. The van der Waals surface area contributed by atoms with Crippen LogP contribution in [0.1, 0.15) is 38.5 Å². The van der Waals surface area contributed by atoms with E-state index in [0.29, 0.717) is 18.5 Å². The Kier molecular flexibility index (Phi) is 3.71. The normalized spacial score (nSPS) is 38.6. The third-order valence-corrected chi connectivity index (χ3v) is 6.03. The van der Waals surface area contributed by atoms with Crippen LogP contribution in [-0.2, 0) is 15.6 Å². The van der Waals surface area contributed by atoms with Crippen LogP contribution < -0.4 is 5.32 Å². The molecule has 5 heteroatoms. The molecule has 0 aromatic heterocycles. The summed E-state index contributed by atoms with van der Waals surface area (Å²) in [5, 5.41) is 3.41. The van der Waals surface area contributed by atoms with E-state index in [1.165, 1.54) is 25.7 Å². The van der Waals surface area contributed by atoms with Crippen LogP contribution in [0.4, 0.5) is 0 Å². The lowest BCUT2D eigenvalue weighted by Gasteiger charge is -2.37. The first-order chi connectivity index (χ1) is 8.75. The molecule has 1 aliphatic carbocycles. The van der Waals surface area contributed by atoms with E-state index in [1.54, 1.807) is 0 Å². The van der Waals surface area contributed by atoms with Gasteiger partial charge in [0.1, 0.15) is 0 Å². The van der Waals surface area contributed by atoms with E-state index >= 15 is 0 Å². The van der Waals surface area contributed by atoms with E-state index in [9.17, 15) is 9.00 Å². The zero-order valence-corrected chi connectivity index (χ0v) is 11.6. The molecule has 4 nitrogen and oxygen atoms in total. The molecule has 0 aromatic carbocycles. The Labute approximate surface area is 111 Å². The average molecular weight is 270 g/mol. The molecule has 0 radical (unpaired) electrons. The molecule has 0 spiro atoms. The molecular formula is C13H22N2O2S. The summed E-state index contributed by atoms with van der Waals surface area (Å²) in [5.41, 5.74) is 0. The predicted molar refractivity (Wildman–Crippen MR) is 71.5 cm³/mol. The maximum absolute atomic E-state index is 12.1. The van der Waals surface area contributed by atoms with Gasteiger partial charge in [0.05, 0.1) is 12.7 Å². The van der Waals surface area contributed by atoms with Gasteiger partial charge in [-0.05, 0) is 31.6 Å². The first-order valence-electron chi connectivity index (χ1n) is 7.15. The van der Waals surface area contributed by atoms with E-state index in [4.69, 9.17) is 0 Å². The van der Waals surface area contributed by atoms with Crippen molar-refractivity contribution in [1.29, 1.82) is 0 Å². The summed E-state index contributed by atoms with van der Waals surface area (Å²) >= 11 is 0. The summed E-state index contributed by atoms with van der Waals surface area (Å²) in [4.78, 5) is 14.2. The summed E-state index contributed by atoms with van der Waals surface area (Å²) in [6.45, 7) is 0.501. The van der Waals surface area contributed by atoms with Gasteiger partial charge < -0.3 is 4.90 Å². The summed E-state index contributed by atoms with van der Waals surface area (Å²) in [7, 11) is -0.644. The van der Waals surface area contributed by atoms with Crippen molar-refractivity contribution in [3.8, 4) is 0 Å². The van der Waals surface area contributed by atoms with Gasteiger partial charge in [-0.1, -0.05) is 12.8 Å². The smallest absolute Gasteiger partial charge is 0.238 e. The van der Waals surface area contributed by atoms with Gasteiger partial charge in [0.25, 0.3) is 0 Å². The largest absolute Gasteiger partial charge is 0.323 e. The number of rotatable bonds is 2. The molecule has 3 fully saturated rings. The van der Waals surface area contributed by atoms with Crippen LogP contribution in [0.2, 0.25) is 0 Å². The van der Waals surface area contributed by atoms with Crippen LogP contribution >= 0.6 is 0 Å². The number of nitrogens with one attached hydrogen (secondary N) is 1. The molecular weight excluding hydrogens is 248 g/mol. The lowest BCUT2D eigenvalue weighted by molar-refractivity contribution is -0.131. The second-order valence-electron chi connectivity index (χ2n) is 5.75. The minimum absolute atomic E-state index is 0.254. The monoisotopic (exact) mass is 270 g/mol. The molecule has 2 aliphatic heterocycles. The molecule has 0 bridgehead atoms. The molecule has 18 heavy (non-hydrogen) atoms. The third-order valence-electron chi connectivity index (χ3n) is 4.65. The van der Waals surface area contributed by atoms with Crippen LogP contribution in [0.5, 0.6) is 0 Å². The molecule has 1 saturated carbocycles. The second kappa shape index (κ2) is 5.29. The number of amides is 1. The molecule has 102 valence electrons. The Bertz CT molecular complexity index is 345. The Hall–Kier alpha value is -0.420. The number of nitrogens with zero attached hydrogens (tertiary/aromatic N) is 1. The number of hydrogen-bond donors (Lipinski definition) is 1. The Morgan fingerprint density at radius 1 is 1.11 bits per heavy atom. The van der Waals surface area contributed by atoms with Gasteiger partial charge in [-0.25, -0.2) is 0 Å². The maximum atomic E-state index is 12.1. The SMILES string of the molecule is O=C1CNC(C2CCCC2)N1C1CCS(=O)CC1. The van der Waals surface area contributed by atoms with E-state index < -0.39 is 10.8 Å². The minimum Gasteiger partial charge on any atom is -0.323 e. The minimum atomic E-state index is -0.644. The highest BCUT2D eigenvalue weighted by atomic mass is 32.2. The Morgan fingerprint density at radius 3 is 2.44 bits per heavy atom. The van der Waals surface area contributed by atoms with Crippen molar-refractivity contribution in [2.45, 2.75) is 50.7 Å². The van der Waals surface area contributed by atoms with Crippen LogP contribution in [0.25, 0.3) is 0 Å². The van der Waals surface area contributed by atoms with Crippen molar-refractivity contribution < 1.29 is 9.00 Å². The third kappa shape index (κ3) is 2.35. The van der Waals surface area contributed by atoms with Crippen LogP contribution in [0.15, 0.2) is 0 Å². The number of carbonyl (C=O) groups is 1.